The first kappa shape index (κ1) is 13.1. The van der Waals surface area contributed by atoms with Crippen molar-refractivity contribution in [2.45, 2.75) is 18.0 Å². The summed E-state index contributed by atoms with van der Waals surface area (Å²) in [6.07, 6.45) is 1.50. The van der Waals surface area contributed by atoms with Crippen LogP contribution in [0.1, 0.15) is 10.7 Å². The number of nitrogens with zero attached hydrogens (tertiary/aromatic N) is 3. The van der Waals surface area contributed by atoms with Crippen molar-refractivity contribution in [3.63, 3.8) is 0 Å². The first-order chi connectivity index (χ1) is 8.51. The van der Waals surface area contributed by atoms with Gasteiger partial charge in [0.05, 0.1) is 18.0 Å². The van der Waals surface area contributed by atoms with Gasteiger partial charge in [0.1, 0.15) is 6.33 Å². The van der Waals surface area contributed by atoms with E-state index >= 15 is 0 Å². The van der Waals surface area contributed by atoms with Crippen LogP contribution in [-0.2, 0) is 30.2 Å². The molecule has 98 valence electrons. The molecule has 7 nitrogen and oxygen atoms in total. The molecule has 0 aromatic carbocycles. The Labute approximate surface area is 108 Å². The van der Waals surface area contributed by atoms with E-state index in [0.29, 0.717) is 10.7 Å². The zero-order valence-electron chi connectivity index (χ0n) is 9.57. The molecule has 2 N–H and O–H groups in total. The first-order valence-electron chi connectivity index (χ1n) is 5.04. The largest absolute Gasteiger partial charge is 0.391 e. The van der Waals surface area contributed by atoms with Crippen LogP contribution in [0, 0.1) is 0 Å². The van der Waals surface area contributed by atoms with E-state index < -0.39 is 10.0 Å². The topological polar surface area (TPSA) is 97.1 Å². The van der Waals surface area contributed by atoms with E-state index in [4.69, 9.17) is 5.11 Å². The lowest BCUT2D eigenvalue weighted by Crippen LogP contribution is -2.23. The summed E-state index contributed by atoms with van der Waals surface area (Å²) >= 11 is 1.20. The normalized spacial score (nSPS) is 11.9. The van der Waals surface area contributed by atoms with Crippen molar-refractivity contribution in [2.75, 3.05) is 0 Å². The number of hydrogen-bond acceptors (Lipinski definition) is 6. The molecule has 0 radical (unpaired) electrons. The Morgan fingerprint density at radius 2 is 2.33 bits per heavy atom. The third-order valence-corrected chi connectivity index (χ3v) is 4.61. The monoisotopic (exact) mass is 288 g/mol. The van der Waals surface area contributed by atoms with Gasteiger partial charge in [-0.25, -0.2) is 18.1 Å². The highest BCUT2D eigenvalue weighted by molar-refractivity contribution is 7.89. The van der Waals surface area contributed by atoms with Gasteiger partial charge in [-0.2, -0.15) is 5.10 Å². The zero-order valence-corrected chi connectivity index (χ0v) is 11.2. The minimum atomic E-state index is -3.58. The molecule has 2 aromatic rings. The van der Waals surface area contributed by atoms with Gasteiger partial charge in [0, 0.05) is 17.3 Å². The van der Waals surface area contributed by atoms with Crippen LogP contribution in [0.2, 0.25) is 0 Å². The Balaban J connectivity index is 2.07. The summed E-state index contributed by atoms with van der Waals surface area (Å²) in [6, 6.07) is 1.44. The number of sulfonamides is 1. The maximum atomic E-state index is 11.9. The molecule has 18 heavy (non-hydrogen) atoms. The van der Waals surface area contributed by atoms with Gasteiger partial charge in [0.25, 0.3) is 0 Å². The van der Waals surface area contributed by atoms with E-state index in [2.05, 4.69) is 14.8 Å². The Kier molecular flexibility index (Phi) is 3.76. The summed E-state index contributed by atoms with van der Waals surface area (Å²) in [5.41, 5.74) is 0. The molecule has 0 atom stereocenters. The molecule has 0 aliphatic rings. The van der Waals surface area contributed by atoms with Crippen molar-refractivity contribution in [2.24, 2.45) is 7.05 Å². The smallest absolute Gasteiger partial charge is 0.241 e. The summed E-state index contributed by atoms with van der Waals surface area (Å²) in [6.45, 7) is -0.130. The maximum absolute atomic E-state index is 11.9. The molecule has 0 bridgehead atoms. The van der Waals surface area contributed by atoms with E-state index in [1.165, 1.54) is 33.8 Å². The first-order valence-corrected chi connectivity index (χ1v) is 7.40. The molecule has 0 saturated heterocycles. The highest BCUT2D eigenvalue weighted by Gasteiger charge is 2.16. The van der Waals surface area contributed by atoms with Gasteiger partial charge < -0.3 is 5.11 Å². The molecule has 0 aliphatic heterocycles. The average molecular weight is 288 g/mol. The van der Waals surface area contributed by atoms with Crippen LogP contribution >= 0.6 is 11.3 Å². The van der Waals surface area contributed by atoms with E-state index in [1.807, 2.05) is 0 Å². The molecular weight excluding hydrogens is 276 g/mol. The molecule has 2 rings (SSSR count). The van der Waals surface area contributed by atoms with E-state index in [9.17, 15) is 8.42 Å². The number of rotatable bonds is 5. The molecule has 2 heterocycles. The zero-order chi connectivity index (χ0) is 13.2. The Bertz CT molecular complexity index is 632. The Morgan fingerprint density at radius 3 is 2.89 bits per heavy atom. The van der Waals surface area contributed by atoms with Gasteiger partial charge in [0.2, 0.25) is 10.0 Å². The van der Waals surface area contributed by atoms with Crippen molar-refractivity contribution in [1.29, 1.82) is 0 Å². The van der Waals surface area contributed by atoms with Crippen molar-refractivity contribution < 1.29 is 13.5 Å². The van der Waals surface area contributed by atoms with Gasteiger partial charge in [-0.05, 0) is 6.07 Å². The highest BCUT2D eigenvalue weighted by atomic mass is 32.2. The fraction of sp³-hybridized carbons (Fsp3) is 0.333. The highest BCUT2D eigenvalue weighted by Crippen LogP contribution is 2.19. The summed E-state index contributed by atoms with van der Waals surface area (Å²) in [5.74, 6) is 0.402. The fourth-order valence-electron chi connectivity index (χ4n) is 1.29. The standard InChI is InChI=1S/C9H12N4O3S2/c1-13-6-10-9(12-13)3-11-18(15,16)8-2-7(4-14)17-5-8/h2,5-6,11,14H,3-4H2,1H3. The maximum Gasteiger partial charge on any atom is 0.241 e. The minimum absolute atomic E-state index is 0.0352. The molecule has 0 fully saturated rings. The van der Waals surface area contributed by atoms with Gasteiger partial charge in [0.15, 0.2) is 5.82 Å². The second-order valence-corrected chi connectivity index (χ2v) is 6.33. The number of aliphatic hydroxyl groups excluding tert-OH is 1. The Morgan fingerprint density at radius 1 is 1.56 bits per heavy atom. The number of thiophene rings is 1. The molecule has 2 aromatic heterocycles. The van der Waals surface area contributed by atoms with Crippen molar-refractivity contribution in [3.05, 3.63) is 28.5 Å². The quantitative estimate of drug-likeness (QED) is 0.797. The summed E-state index contributed by atoms with van der Waals surface area (Å²) in [4.78, 5) is 4.67. The number of aryl methyl sites for hydroxylation is 1. The van der Waals surface area contributed by atoms with Gasteiger partial charge >= 0.3 is 0 Å². The number of aromatic nitrogens is 3. The minimum Gasteiger partial charge on any atom is -0.391 e. The van der Waals surface area contributed by atoms with Crippen LogP contribution in [0.5, 0.6) is 0 Å². The SMILES string of the molecule is Cn1cnc(CNS(=O)(=O)c2csc(CO)c2)n1. The van der Waals surface area contributed by atoms with Crippen LogP contribution in [0.3, 0.4) is 0 Å². The number of nitrogens with one attached hydrogen (secondary N) is 1. The second-order valence-electron chi connectivity index (χ2n) is 3.57. The van der Waals surface area contributed by atoms with Gasteiger partial charge in [-0.3, -0.25) is 4.68 Å². The van der Waals surface area contributed by atoms with E-state index in [-0.39, 0.29) is 18.0 Å². The number of hydrogen-bond donors (Lipinski definition) is 2. The lowest BCUT2D eigenvalue weighted by Gasteiger charge is -2.01. The Hall–Kier alpha value is -1.29. The third kappa shape index (κ3) is 2.93. The van der Waals surface area contributed by atoms with E-state index in [1.54, 1.807) is 7.05 Å². The van der Waals surface area contributed by atoms with Crippen molar-refractivity contribution in [3.8, 4) is 0 Å². The molecule has 9 heteroatoms. The third-order valence-electron chi connectivity index (χ3n) is 2.16. The van der Waals surface area contributed by atoms with Gasteiger partial charge in [-0.15, -0.1) is 11.3 Å². The van der Waals surface area contributed by atoms with Crippen LogP contribution < -0.4 is 4.72 Å². The number of aliphatic hydroxyl groups is 1. The predicted octanol–water partition coefficient (Wildman–Crippen LogP) is -0.153. The molecule has 0 saturated carbocycles. The molecule has 0 spiro atoms. The summed E-state index contributed by atoms with van der Waals surface area (Å²) < 4.78 is 27.7. The van der Waals surface area contributed by atoms with Gasteiger partial charge in [-0.1, -0.05) is 0 Å². The van der Waals surface area contributed by atoms with E-state index in [0.717, 1.165) is 0 Å². The fourth-order valence-corrected chi connectivity index (χ4v) is 3.41. The average Bonchev–Trinajstić information content (AvgIpc) is 2.95. The second kappa shape index (κ2) is 5.14. The van der Waals surface area contributed by atoms with Crippen molar-refractivity contribution in [1.82, 2.24) is 19.5 Å². The molecule has 0 unspecified atom stereocenters. The predicted molar refractivity (Wildman–Crippen MR) is 65.3 cm³/mol. The van der Waals surface area contributed by atoms with Crippen LogP contribution in [0.4, 0.5) is 0 Å². The summed E-state index contributed by atoms with van der Waals surface area (Å²) in [7, 11) is -1.87. The summed E-state index contributed by atoms with van der Waals surface area (Å²) in [5, 5.41) is 14.4. The lowest BCUT2D eigenvalue weighted by molar-refractivity contribution is 0.285. The lowest BCUT2D eigenvalue weighted by atomic mass is 10.5. The molecule has 0 amide bonds. The van der Waals surface area contributed by atoms with Crippen LogP contribution in [-0.4, -0.2) is 28.3 Å². The van der Waals surface area contributed by atoms with Crippen LogP contribution in [0.25, 0.3) is 0 Å². The molecule has 0 aliphatic carbocycles. The van der Waals surface area contributed by atoms with Crippen molar-refractivity contribution >= 4 is 21.4 Å². The van der Waals surface area contributed by atoms with Crippen LogP contribution in [0.15, 0.2) is 22.7 Å². The molecular formula is C9H12N4O3S2.